The van der Waals surface area contributed by atoms with Gasteiger partial charge >= 0.3 is 58.4 Å². The molecular formula is C13H17BF3KO. The Bertz CT molecular complexity index is 411. The molecule has 1 nitrogen and oxygen atoms in total. The molecule has 0 heterocycles. The summed E-state index contributed by atoms with van der Waals surface area (Å²) in [5.41, 5.74) is -0.587. The summed E-state index contributed by atoms with van der Waals surface area (Å²) >= 11 is 0. The van der Waals surface area contributed by atoms with Gasteiger partial charge < -0.3 is 17.7 Å². The Kier molecular flexibility index (Phi) is 6.93. The first-order valence-electron chi connectivity index (χ1n) is 6.41. The maximum atomic E-state index is 12.6. The molecule has 6 heteroatoms. The van der Waals surface area contributed by atoms with Gasteiger partial charge in [-0.1, -0.05) is 25.5 Å². The summed E-state index contributed by atoms with van der Waals surface area (Å²) in [6, 6.07) is 5.21. The van der Waals surface area contributed by atoms with Gasteiger partial charge in [-0.25, -0.2) is 0 Å². The van der Waals surface area contributed by atoms with Crippen molar-refractivity contribution in [3.8, 4) is 5.75 Å². The second kappa shape index (κ2) is 7.50. The summed E-state index contributed by atoms with van der Waals surface area (Å²) in [5.74, 6) is 0.935. The number of ether oxygens (including phenoxy) is 1. The third-order valence-electron chi connectivity index (χ3n) is 3.43. The summed E-state index contributed by atoms with van der Waals surface area (Å²) < 4.78 is 43.5. The van der Waals surface area contributed by atoms with Crippen molar-refractivity contribution >= 4 is 12.4 Å². The zero-order valence-corrected chi connectivity index (χ0v) is 14.5. The van der Waals surface area contributed by atoms with E-state index in [-0.39, 0.29) is 57.5 Å². The molecule has 0 bridgehead atoms. The SMILES string of the molecule is CC1CCCC(Oc2cccc([B-](F)(F)F)c2)C1.[K+]. The summed E-state index contributed by atoms with van der Waals surface area (Å²) in [6.45, 7) is -2.79. The van der Waals surface area contributed by atoms with Crippen LogP contribution in [0.25, 0.3) is 0 Å². The number of hydrogen-bond donors (Lipinski definition) is 0. The molecule has 0 N–H and O–H groups in total. The summed E-state index contributed by atoms with van der Waals surface area (Å²) in [4.78, 5) is 0. The van der Waals surface area contributed by atoms with Crippen LogP contribution < -0.4 is 61.6 Å². The van der Waals surface area contributed by atoms with E-state index >= 15 is 0 Å². The number of hydrogen-bond acceptors (Lipinski definition) is 1. The molecule has 1 aliphatic carbocycles. The molecule has 19 heavy (non-hydrogen) atoms. The predicted octanol–water partition coefficient (Wildman–Crippen LogP) is 0.702. The molecule has 0 aliphatic heterocycles. The van der Waals surface area contributed by atoms with Crippen LogP contribution in [-0.4, -0.2) is 13.1 Å². The van der Waals surface area contributed by atoms with E-state index in [1.807, 2.05) is 0 Å². The van der Waals surface area contributed by atoms with Crippen LogP contribution in [0, 0.1) is 5.92 Å². The third kappa shape index (κ3) is 5.42. The fraction of sp³-hybridized carbons (Fsp3) is 0.538. The van der Waals surface area contributed by atoms with Gasteiger partial charge in [0.1, 0.15) is 5.75 Å². The Morgan fingerprint density at radius 2 is 1.95 bits per heavy atom. The van der Waals surface area contributed by atoms with Crippen molar-refractivity contribution in [2.45, 2.75) is 38.7 Å². The van der Waals surface area contributed by atoms with Gasteiger partial charge in [-0.3, -0.25) is 0 Å². The second-order valence-electron chi connectivity index (χ2n) is 5.16. The fourth-order valence-electron chi connectivity index (χ4n) is 2.47. The second-order valence-corrected chi connectivity index (χ2v) is 5.16. The van der Waals surface area contributed by atoms with Crippen molar-refractivity contribution in [3.05, 3.63) is 24.3 Å². The van der Waals surface area contributed by atoms with Crippen molar-refractivity contribution in [2.75, 3.05) is 0 Å². The quantitative estimate of drug-likeness (QED) is 0.746. The average Bonchev–Trinajstić information content (AvgIpc) is 2.28. The van der Waals surface area contributed by atoms with Crippen molar-refractivity contribution in [3.63, 3.8) is 0 Å². The first kappa shape index (κ1) is 17.6. The Morgan fingerprint density at radius 1 is 1.21 bits per heavy atom. The van der Waals surface area contributed by atoms with Crippen molar-refractivity contribution in [1.82, 2.24) is 0 Å². The molecule has 2 atom stereocenters. The molecule has 100 valence electrons. The molecule has 1 aliphatic rings. The van der Waals surface area contributed by atoms with Crippen molar-refractivity contribution < 1.29 is 69.1 Å². The van der Waals surface area contributed by atoms with Gasteiger partial charge in [0.25, 0.3) is 0 Å². The summed E-state index contributed by atoms with van der Waals surface area (Å²) in [5, 5.41) is 0. The zero-order valence-electron chi connectivity index (χ0n) is 11.4. The zero-order chi connectivity index (χ0) is 13.2. The van der Waals surface area contributed by atoms with E-state index in [4.69, 9.17) is 4.74 Å². The van der Waals surface area contributed by atoms with Crippen LogP contribution in [-0.2, 0) is 0 Å². The molecule has 0 radical (unpaired) electrons. The molecule has 1 saturated carbocycles. The van der Waals surface area contributed by atoms with Crippen LogP contribution in [0.5, 0.6) is 5.75 Å². The fourth-order valence-corrected chi connectivity index (χ4v) is 2.47. The van der Waals surface area contributed by atoms with E-state index < -0.39 is 12.4 Å². The average molecular weight is 296 g/mol. The maximum absolute atomic E-state index is 12.6. The molecule has 2 unspecified atom stereocenters. The molecule has 2 rings (SSSR count). The first-order chi connectivity index (χ1) is 8.45. The number of benzene rings is 1. The number of rotatable bonds is 3. The van der Waals surface area contributed by atoms with Crippen LogP contribution in [0.3, 0.4) is 0 Å². The molecule has 1 aromatic rings. The van der Waals surface area contributed by atoms with Gasteiger partial charge in [0.05, 0.1) is 6.10 Å². The van der Waals surface area contributed by atoms with E-state index in [1.54, 1.807) is 6.07 Å². The van der Waals surface area contributed by atoms with Crippen LogP contribution in [0.15, 0.2) is 24.3 Å². The minimum atomic E-state index is -4.94. The van der Waals surface area contributed by atoms with E-state index in [2.05, 4.69) is 6.92 Å². The Labute approximate surface area is 154 Å². The Balaban J connectivity index is 0.00000180. The van der Waals surface area contributed by atoms with Gasteiger partial charge in [-0.2, -0.15) is 0 Å². The van der Waals surface area contributed by atoms with Gasteiger partial charge in [-0.15, -0.1) is 5.46 Å². The minimum Gasteiger partial charge on any atom is -0.491 e. The van der Waals surface area contributed by atoms with Crippen molar-refractivity contribution in [1.29, 1.82) is 0 Å². The molecule has 1 fully saturated rings. The molecule has 0 amide bonds. The predicted molar refractivity (Wildman–Crippen MR) is 67.2 cm³/mol. The normalized spacial score (nSPS) is 23.6. The van der Waals surface area contributed by atoms with Crippen LogP contribution in [0.1, 0.15) is 32.6 Å². The van der Waals surface area contributed by atoms with E-state index in [1.165, 1.54) is 12.5 Å². The van der Waals surface area contributed by atoms with E-state index in [0.717, 1.165) is 31.4 Å². The topological polar surface area (TPSA) is 9.23 Å². The summed E-state index contributed by atoms with van der Waals surface area (Å²) in [6.07, 6.45) is 4.21. The largest absolute Gasteiger partial charge is 1.00 e. The Morgan fingerprint density at radius 3 is 2.58 bits per heavy atom. The monoisotopic (exact) mass is 296 g/mol. The van der Waals surface area contributed by atoms with Crippen LogP contribution >= 0.6 is 0 Å². The minimum absolute atomic E-state index is 0. The number of halogens is 3. The van der Waals surface area contributed by atoms with Gasteiger partial charge in [-0.05, 0) is 37.3 Å². The molecule has 0 spiro atoms. The van der Waals surface area contributed by atoms with Crippen LogP contribution in [0.4, 0.5) is 12.9 Å². The maximum Gasteiger partial charge on any atom is 1.00 e. The van der Waals surface area contributed by atoms with Crippen molar-refractivity contribution in [2.24, 2.45) is 5.92 Å². The molecule has 0 saturated heterocycles. The van der Waals surface area contributed by atoms with E-state index in [9.17, 15) is 12.9 Å². The molecular weight excluding hydrogens is 279 g/mol. The van der Waals surface area contributed by atoms with Gasteiger partial charge in [0.15, 0.2) is 0 Å². The van der Waals surface area contributed by atoms with Gasteiger partial charge in [0, 0.05) is 0 Å². The third-order valence-corrected chi connectivity index (χ3v) is 3.43. The smallest absolute Gasteiger partial charge is 0.491 e. The summed E-state index contributed by atoms with van der Waals surface area (Å²) in [7, 11) is 0. The Hall–Kier alpha value is 0.511. The van der Waals surface area contributed by atoms with E-state index in [0.29, 0.717) is 11.7 Å². The standard InChI is InChI=1S/C13H17BF3O.K/c1-10-4-2-6-12(8-10)18-13-7-3-5-11(9-13)14(15,16)17;/h3,5,7,9-10,12H,2,4,6,8H2,1H3;/q-1;+1. The first-order valence-corrected chi connectivity index (χ1v) is 6.41. The van der Waals surface area contributed by atoms with Crippen LogP contribution in [0.2, 0.25) is 0 Å². The molecule has 1 aromatic carbocycles. The van der Waals surface area contributed by atoms with Gasteiger partial charge in [0.2, 0.25) is 0 Å². The molecule has 0 aromatic heterocycles.